The van der Waals surface area contributed by atoms with E-state index in [1.54, 1.807) is 12.4 Å². The van der Waals surface area contributed by atoms with Gasteiger partial charge in [-0.1, -0.05) is 11.8 Å². The third-order valence-corrected chi connectivity index (χ3v) is 5.61. The van der Waals surface area contributed by atoms with Gasteiger partial charge in [-0.05, 0) is 57.0 Å². The van der Waals surface area contributed by atoms with Crippen LogP contribution in [0.1, 0.15) is 44.2 Å². The lowest BCUT2D eigenvalue weighted by molar-refractivity contribution is -0.117. The van der Waals surface area contributed by atoms with Crippen molar-refractivity contribution in [1.29, 1.82) is 0 Å². The van der Waals surface area contributed by atoms with Gasteiger partial charge in [-0.3, -0.25) is 4.79 Å². The molecular weight excluding hydrogens is 428 g/mol. The van der Waals surface area contributed by atoms with E-state index in [-0.39, 0.29) is 17.9 Å². The highest BCUT2D eigenvalue weighted by Crippen LogP contribution is 2.31. The lowest BCUT2D eigenvalue weighted by atomic mass is 10.1. The molecule has 176 valence electrons. The number of benzene rings is 1. The molecule has 3 aromatic rings. The summed E-state index contributed by atoms with van der Waals surface area (Å²) in [6, 6.07) is 9.60. The van der Waals surface area contributed by atoms with Crippen LogP contribution >= 0.6 is 0 Å². The quantitative estimate of drug-likeness (QED) is 0.360. The first-order valence-corrected chi connectivity index (χ1v) is 11.7. The monoisotopic (exact) mass is 458 g/mol. The van der Waals surface area contributed by atoms with Crippen molar-refractivity contribution in [3.05, 3.63) is 53.9 Å². The van der Waals surface area contributed by atoms with E-state index in [4.69, 9.17) is 9.47 Å². The highest BCUT2D eigenvalue weighted by molar-refractivity contribution is 5.99. The Morgan fingerprint density at radius 3 is 2.65 bits per heavy atom. The number of pyridine rings is 2. The average molecular weight is 459 g/mol. The summed E-state index contributed by atoms with van der Waals surface area (Å²) in [5.41, 5.74) is 1.64. The van der Waals surface area contributed by atoms with Crippen molar-refractivity contribution in [2.24, 2.45) is 5.92 Å². The predicted octanol–water partition coefficient (Wildman–Crippen LogP) is 4.61. The molecule has 4 rings (SSSR count). The molecule has 0 saturated heterocycles. The van der Waals surface area contributed by atoms with Crippen molar-refractivity contribution >= 4 is 28.3 Å². The molecule has 34 heavy (non-hydrogen) atoms. The van der Waals surface area contributed by atoms with Gasteiger partial charge < -0.3 is 20.1 Å². The Hall–Kier alpha value is -3.63. The van der Waals surface area contributed by atoms with Crippen LogP contribution in [0.4, 0.5) is 11.6 Å². The van der Waals surface area contributed by atoms with Crippen LogP contribution in [-0.4, -0.2) is 42.2 Å². The molecule has 0 spiro atoms. The number of carbonyl (C=O) groups is 1. The summed E-state index contributed by atoms with van der Waals surface area (Å²) in [4.78, 5) is 21.0. The Balaban J connectivity index is 1.52. The Bertz CT molecular complexity index is 1210. The molecule has 2 N–H and O–H groups in total. The van der Waals surface area contributed by atoms with Crippen LogP contribution in [0.3, 0.4) is 0 Å². The molecule has 1 aliphatic carbocycles. The minimum atomic E-state index is 0.0249. The first kappa shape index (κ1) is 23.5. The second kappa shape index (κ2) is 11.0. The van der Waals surface area contributed by atoms with E-state index in [1.165, 1.54) is 0 Å². The highest BCUT2D eigenvalue weighted by atomic mass is 16.5. The molecular formula is C27H30N4O3. The molecule has 2 aromatic heterocycles. The van der Waals surface area contributed by atoms with Gasteiger partial charge in [0.25, 0.3) is 0 Å². The molecule has 1 saturated carbocycles. The maximum atomic E-state index is 12.2. The van der Waals surface area contributed by atoms with Crippen LogP contribution < -0.4 is 15.4 Å². The zero-order valence-electron chi connectivity index (χ0n) is 19.9. The summed E-state index contributed by atoms with van der Waals surface area (Å²) in [6.07, 6.45) is 6.27. The topological polar surface area (TPSA) is 85.4 Å². The van der Waals surface area contributed by atoms with Crippen LogP contribution in [0.15, 0.2) is 42.7 Å². The van der Waals surface area contributed by atoms with E-state index < -0.39 is 0 Å². The Labute approximate surface area is 200 Å². The fraction of sp³-hybridized carbons (Fsp3) is 0.370. The van der Waals surface area contributed by atoms with Crippen molar-refractivity contribution < 1.29 is 14.3 Å². The highest BCUT2D eigenvalue weighted by Gasteiger charge is 2.29. The largest absolute Gasteiger partial charge is 0.491 e. The Kier molecular flexibility index (Phi) is 7.61. The summed E-state index contributed by atoms with van der Waals surface area (Å²) in [5, 5.41) is 7.74. The Morgan fingerprint density at radius 2 is 1.94 bits per heavy atom. The first-order chi connectivity index (χ1) is 16.6. The van der Waals surface area contributed by atoms with E-state index in [9.17, 15) is 4.79 Å². The van der Waals surface area contributed by atoms with Crippen LogP contribution in [0.5, 0.6) is 5.75 Å². The maximum absolute atomic E-state index is 12.2. The molecule has 1 aliphatic rings. The average Bonchev–Trinajstić information content (AvgIpc) is 3.69. The van der Waals surface area contributed by atoms with Crippen molar-refractivity contribution in [3.8, 4) is 17.6 Å². The Morgan fingerprint density at radius 1 is 1.15 bits per heavy atom. The SMILES string of the molecule is CCOCCC(C)Oc1ccc(C#Cc2cnc(NC)c3cnc(NC(=O)C4CC4)cc23)cc1. The fourth-order valence-electron chi connectivity index (χ4n) is 3.52. The molecule has 1 aromatic carbocycles. The molecule has 7 heteroatoms. The molecule has 1 fully saturated rings. The number of aromatic nitrogens is 2. The molecule has 1 unspecified atom stereocenters. The molecule has 7 nitrogen and oxygen atoms in total. The normalized spacial score (nSPS) is 13.6. The van der Waals surface area contributed by atoms with E-state index >= 15 is 0 Å². The van der Waals surface area contributed by atoms with Gasteiger partial charge in [0.2, 0.25) is 5.91 Å². The summed E-state index contributed by atoms with van der Waals surface area (Å²) in [6.45, 7) is 5.43. The van der Waals surface area contributed by atoms with Crippen molar-refractivity contribution in [2.75, 3.05) is 30.9 Å². The zero-order valence-corrected chi connectivity index (χ0v) is 19.9. The van der Waals surface area contributed by atoms with Gasteiger partial charge >= 0.3 is 0 Å². The van der Waals surface area contributed by atoms with Crippen LogP contribution in [0.2, 0.25) is 0 Å². The van der Waals surface area contributed by atoms with Crippen LogP contribution in [0, 0.1) is 17.8 Å². The van der Waals surface area contributed by atoms with Crippen molar-refractivity contribution in [3.63, 3.8) is 0 Å². The smallest absolute Gasteiger partial charge is 0.228 e. The second-order valence-electron chi connectivity index (χ2n) is 8.34. The van der Waals surface area contributed by atoms with E-state index in [2.05, 4.69) is 32.4 Å². The number of amides is 1. The number of ether oxygens (including phenoxy) is 2. The molecule has 0 aliphatic heterocycles. The van der Waals surface area contributed by atoms with Gasteiger partial charge in [-0.2, -0.15) is 0 Å². The number of hydrogen-bond acceptors (Lipinski definition) is 6. The second-order valence-corrected chi connectivity index (χ2v) is 8.34. The number of nitrogens with one attached hydrogen (secondary N) is 2. The van der Waals surface area contributed by atoms with Gasteiger partial charge in [0, 0.05) is 54.7 Å². The lowest BCUT2D eigenvalue weighted by Gasteiger charge is -2.14. The van der Waals surface area contributed by atoms with Crippen LogP contribution in [0.25, 0.3) is 10.8 Å². The number of nitrogens with zero attached hydrogens (tertiary/aromatic N) is 2. The lowest BCUT2D eigenvalue weighted by Crippen LogP contribution is -2.14. The predicted molar refractivity (Wildman–Crippen MR) is 134 cm³/mol. The maximum Gasteiger partial charge on any atom is 0.228 e. The summed E-state index contributed by atoms with van der Waals surface area (Å²) in [5.74, 6) is 8.62. The molecule has 0 bridgehead atoms. The van der Waals surface area contributed by atoms with Crippen LogP contribution in [-0.2, 0) is 9.53 Å². The number of anilines is 2. The van der Waals surface area contributed by atoms with E-state index in [0.29, 0.717) is 18.2 Å². The standard InChI is InChI=1S/C27H30N4O3/c1-4-33-14-13-18(2)34-22-11-6-19(7-12-22)5-8-21-16-30-26(28-3)24-17-29-25(15-23(21)24)31-27(32)20-9-10-20/h6-7,11-12,15-18,20H,4,9-10,13-14H2,1-3H3,(H,28,30)(H,29,31,32). The number of hydrogen-bond donors (Lipinski definition) is 2. The third-order valence-electron chi connectivity index (χ3n) is 5.61. The minimum absolute atomic E-state index is 0.0249. The van der Waals surface area contributed by atoms with E-state index in [0.717, 1.165) is 53.5 Å². The molecule has 1 amide bonds. The molecule has 0 radical (unpaired) electrons. The number of carbonyl (C=O) groups excluding carboxylic acids is 1. The van der Waals surface area contributed by atoms with Gasteiger partial charge in [-0.25, -0.2) is 9.97 Å². The minimum Gasteiger partial charge on any atom is -0.491 e. The van der Waals surface area contributed by atoms with Crippen molar-refractivity contribution in [1.82, 2.24) is 9.97 Å². The van der Waals surface area contributed by atoms with Gasteiger partial charge in [0.05, 0.1) is 18.3 Å². The summed E-state index contributed by atoms with van der Waals surface area (Å²) < 4.78 is 11.3. The number of rotatable bonds is 9. The van der Waals surface area contributed by atoms with Gasteiger partial charge in [0.15, 0.2) is 0 Å². The molecule has 2 heterocycles. The first-order valence-electron chi connectivity index (χ1n) is 11.7. The van der Waals surface area contributed by atoms with Crippen molar-refractivity contribution in [2.45, 2.75) is 39.2 Å². The fourth-order valence-corrected chi connectivity index (χ4v) is 3.52. The van der Waals surface area contributed by atoms with E-state index in [1.807, 2.05) is 51.2 Å². The molecule has 1 atom stereocenters. The van der Waals surface area contributed by atoms with Gasteiger partial charge in [-0.15, -0.1) is 0 Å². The summed E-state index contributed by atoms with van der Waals surface area (Å²) in [7, 11) is 1.82. The number of fused-ring (bicyclic) bond motifs is 1. The summed E-state index contributed by atoms with van der Waals surface area (Å²) >= 11 is 0. The third kappa shape index (κ3) is 6.03. The zero-order chi connectivity index (χ0) is 23.9. The van der Waals surface area contributed by atoms with Gasteiger partial charge in [0.1, 0.15) is 17.4 Å².